The molecule has 0 rings (SSSR count). The zero-order chi connectivity index (χ0) is 15.7. The van der Waals surface area contributed by atoms with Crippen molar-refractivity contribution in [3.05, 3.63) is 0 Å². The van der Waals surface area contributed by atoms with Crippen LogP contribution in [0.15, 0.2) is 0 Å². The second-order valence-electron chi connectivity index (χ2n) is 6.09. The van der Waals surface area contributed by atoms with Gasteiger partial charge in [0.25, 0.3) is 0 Å². The molecule has 0 aliphatic carbocycles. The minimum atomic E-state index is -0.608. The zero-order valence-corrected chi connectivity index (χ0v) is 13.7. The molecule has 0 aliphatic rings. The maximum Gasteiger partial charge on any atom is 0.328 e. The second-order valence-corrected chi connectivity index (χ2v) is 6.09. The maximum atomic E-state index is 11.9. The largest absolute Gasteiger partial charge is 0.467 e. The van der Waals surface area contributed by atoms with Crippen molar-refractivity contribution in [1.82, 2.24) is 10.6 Å². The Balaban J connectivity index is 4.15. The van der Waals surface area contributed by atoms with Crippen LogP contribution in [0.5, 0.6) is 0 Å². The third-order valence-electron chi connectivity index (χ3n) is 3.20. The van der Waals surface area contributed by atoms with Gasteiger partial charge in [-0.3, -0.25) is 0 Å². The van der Waals surface area contributed by atoms with Gasteiger partial charge in [0.05, 0.1) is 7.11 Å². The standard InChI is InChI=1S/C15H30N2O3/c1-10(2)8-7-9-12(5)16-15(19)17-13(11(3)4)14(18)20-6/h10-13H,7-9H2,1-6H3,(H2,16,17,19). The molecule has 0 heterocycles. The number of nitrogens with one attached hydrogen (secondary N) is 2. The highest BCUT2D eigenvalue weighted by molar-refractivity contribution is 5.83. The molecule has 0 spiro atoms. The van der Waals surface area contributed by atoms with E-state index in [4.69, 9.17) is 0 Å². The normalized spacial score (nSPS) is 14.0. The van der Waals surface area contributed by atoms with E-state index < -0.39 is 12.0 Å². The van der Waals surface area contributed by atoms with Gasteiger partial charge in [0.1, 0.15) is 6.04 Å². The highest BCUT2D eigenvalue weighted by Crippen LogP contribution is 2.08. The molecule has 20 heavy (non-hydrogen) atoms. The van der Waals surface area contributed by atoms with Crippen molar-refractivity contribution >= 4 is 12.0 Å². The lowest BCUT2D eigenvalue weighted by atomic mass is 10.0. The maximum absolute atomic E-state index is 11.9. The van der Waals surface area contributed by atoms with Crippen molar-refractivity contribution in [2.24, 2.45) is 11.8 Å². The van der Waals surface area contributed by atoms with Crippen molar-refractivity contribution in [2.75, 3.05) is 7.11 Å². The highest BCUT2D eigenvalue weighted by atomic mass is 16.5. The average Bonchev–Trinajstić information content (AvgIpc) is 2.34. The Morgan fingerprint density at radius 2 is 1.60 bits per heavy atom. The van der Waals surface area contributed by atoms with Crippen molar-refractivity contribution in [3.63, 3.8) is 0 Å². The number of urea groups is 1. The van der Waals surface area contributed by atoms with Crippen LogP contribution in [0, 0.1) is 11.8 Å². The SMILES string of the molecule is COC(=O)C(NC(=O)NC(C)CCCC(C)C)C(C)C. The van der Waals surface area contributed by atoms with Crippen molar-refractivity contribution < 1.29 is 14.3 Å². The van der Waals surface area contributed by atoms with E-state index in [1.165, 1.54) is 7.11 Å². The van der Waals surface area contributed by atoms with Gasteiger partial charge in [0, 0.05) is 6.04 Å². The van der Waals surface area contributed by atoms with E-state index in [1.54, 1.807) is 0 Å². The topological polar surface area (TPSA) is 67.4 Å². The number of carbonyl (C=O) groups excluding carboxylic acids is 2. The fourth-order valence-electron chi connectivity index (χ4n) is 1.94. The summed E-state index contributed by atoms with van der Waals surface area (Å²) < 4.78 is 4.69. The summed E-state index contributed by atoms with van der Waals surface area (Å²) >= 11 is 0. The molecule has 0 aromatic carbocycles. The van der Waals surface area contributed by atoms with E-state index in [-0.39, 0.29) is 18.0 Å². The first-order valence-corrected chi connectivity index (χ1v) is 7.42. The fourth-order valence-corrected chi connectivity index (χ4v) is 1.94. The lowest BCUT2D eigenvalue weighted by Crippen LogP contribution is -2.50. The van der Waals surface area contributed by atoms with Crippen LogP contribution in [0.3, 0.4) is 0 Å². The number of rotatable bonds is 8. The van der Waals surface area contributed by atoms with Crippen LogP contribution in [0.25, 0.3) is 0 Å². The molecule has 118 valence electrons. The molecular formula is C15H30N2O3. The van der Waals surface area contributed by atoms with Crippen molar-refractivity contribution in [1.29, 1.82) is 0 Å². The molecule has 5 heteroatoms. The van der Waals surface area contributed by atoms with Crippen molar-refractivity contribution in [2.45, 2.75) is 66.0 Å². The molecule has 5 nitrogen and oxygen atoms in total. The second kappa shape index (κ2) is 9.61. The van der Waals surface area contributed by atoms with E-state index in [9.17, 15) is 9.59 Å². The summed E-state index contributed by atoms with van der Waals surface area (Å²) in [4.78, 5) is 23.4. The Labute approximate surface area is 122 Å². The van der Waals surface area contributed by atoms with Gasteiger partial charge in [-0.05, 0) is 25.2 Å². The molecule has 2 unspecified atom stereocenters. The Morgan fingerprint density at radius 1 is 1.00 bits per heavy atom. The zero-order valence-electron chi connectivity index (χ0n) is 13.7. The number of methoxy groups -OCH3 is 1. The number of ether oxygens (including phenoxy) is 1. The van der Waals surface area contributed by atoms with E-state index in [0.29, 0.717) is 5.92 Å². The van der Waals surface area contributed by atoms with E-state index in [0.717, 1.165) is 19.3 Å². The van der Waals surface area contributed by atoms with Gasteiger partial charge in [0.15, 0.2) is 0 Å². The first-order valence-electron chi connectivity index (χ1n) is 7.42. The number of amides is 2. The van der Waals surface area contributed by atoms with Gasteiger partial charge in [-0.2, -0.15) is 0 Å². The third-order valence-corrected chi connectivity index (χ3v) is 3.20. The lowest BCUT2D eigenvalue weighted by Gasteiger charge is -2.22. The predicted molar refractivity (Wildman–Crippen MR) is 80.5 cm³/mol. The molecule has 2 amide bonds. The molecule has 2 atom stereocenters. The Kier molecular flexibility index (Phi) is 9.01. The number of esters is 1. The summed E-state index contributed by atoms with van der Waals surface area (Å²) in [5.41, 5.74) is 0. The fraction of sp³-hybridized carbons (Fsp3) is 0.867. The van der Waals surface area contributed by atoms with Crippen LogP contribution in [-0.2, 0) is 9.53 Å². The van der Waals surface area contributed by atoms with Gasteiger partial charge < -0.3 is 15.4 Å². The third kappa shape index (κ3) is 8.02. The molecule has 0 bridgehead atoms. The van der Waals surface area contributed by atoms with Crippen LogP contribution < -0.4 is 10.6 Å². The highest BCUT2D eigenvalue weighted by Gasteiger charge is 2.25. The Bertz CT molecular complexity index is 303. The summed E-state index contributed by atoms with van der Waals surface area (Å²) in [5.74, 6) is 0.257. The first kappa shape index (κ1) is 18.7. The number of hydrogen-bond acceptors (Lipinski definition) is 3. The lowest BCUT2D eigenvalue weighted by molar-refractivity contribution is -0.143. The molecule has 0 saturated carbocycles. The smallest absolute Gasteiger partial charge is 0.328 e. The Morgan fingerprint density at radius 3 is 2.05 bits per heavy atom. The molecule has 0 aromatic rings. The van der Waals surface area contributed by atoms with Crippen LogP contribution in [0.1, 0.15) is 53.9 Å². The van der Waals surface area contributed by atoms with Crippen LogP contribution in [0.4, 0.5) is 4.79 Å². The minimum Gasteiger partial charge on any atom is -0.467 e. The molecular weight excluding hydrogens is 256 g/mol. The van der Waals surface area contributed by atoms with E-state index in [1.807, 2.05) is 20.8 Å². The molecule has 0 aromatic heterocycles. The minimum absolute atomic E-state index is 0.00977. The van der Waals surface area contributed by atoms with Gasteiger partial charge in [-0.1, -0.05) is 40.5 Å². The van der Waals surface area contributed by atoms with Crippen LogP contribution >= 0.6 is 0 Å². The summed E-state index contributed by atoms with van der Waals surface area (Å²) in [5, 5.41) is 5.53. The van der Waals surface area contributed by atoms with Crippen LogP contribution in [-0.4, -0.2) is 31.2 Å². The molecule has 0 aliphatic heterocycles. The summed E-state index contributed by atoms with van der Waals surface area (Å²) in [6.07, 6.45) is 3.18. The van der Waals surface area contributed by atoms with Gasteiger partial charge in [0.2, 0.25) is 0 Å². The van der Waals surface area contributed by atoms with Gasteiger partial charge in [-0.15, -0.1) is 0 Å². The first-order chi connectivity index (χ1) is 9.27. The van der Waals surface area contributed by atoms with E-state index in [2.05, 4.69) is 29.2 Å². The monoisotopic (exact) mass is 286 g/mol. The summed E-state index contributed by atoms with van der Waals surface area (Å²) in [7, 11) is 1.33. The summed E-state index contributed by atoms with van der Waals surface area (Å²) in [6.45, 7) is 10.1. The van der Waals surface area contributed by atoms with Gasteiger partial charge >= 0.3 is 12.0 Å². The number of hydrogen-bond donors (Lipinski definition) is 2. The van der Waals surface area contributed by atoms with E-state index >= 15 is 0 Å². The quantitative estimate of drug-likeness (QED) is 0.674. The van der Waals surface area contributed by atoms with Crippen molar-refractivity contribution in [3.8, 4) is 0 Å². The predicted octanol–water partition coefficient (Wildman–Crippen LogP) is 2.70. The summed E-state index contributed by atoms with van der Waals surface area (Å²) in [6, 6.07) is -0.826. The molecule has 0 radical (unpaired) electrons. The molecule has 2 N–H and O–H groups in total. The van der Waals surface area contributed by atoms with Gasteiger partial charge in [-0.25, -0.2) is 9.59 Å². The Hall–Kier alpha value is -1.26. The number of carbonyl (C=O) groups is 2. The van der Waals surface area contributed by atoms with Crippen LogP contribution in [0.2, 0.25) is 0 Å². The average molecular weight is 286 g/mol. The molecule has 0 saturated heterocycles. The molecule has 0 fully saturated rings.